The third-order valence-electron chi connectivity index (χ3n) is 3.48. The van der Waals surface area contributed by atoms with Crippen molar-refractivity contribution in [3.8, 4) is 11.9 Å². The van der Waals surface area contributed by atoms with Crippen molar-refractivity contribution in [1.82, 2.24) is 4.90 Å². The lowest BCUT2D eigenvalue weighted by Gasteiger charge is -2.37. The number of rotatable bonds is 2. The van der Waals surface area contributed by atoms with Crippen LogP contribution >= 0.6 is 11.8 Å². The minimum absolute atomic E-state index is 0.200. The van der Waals surface area contributed by atoms with E-state index in [4.69, 9.17) is 10.00 Å². The topological polar surface area (TPSA) is 48.6 Å². The quantitative estimate of drug-likeness (QED) is 0.461. The van der Waals surface area contributed by atoms with Crippen molar-refractivity contribution in [2.24, 2.45) is 4.99 Å². The van der Waals surface area contributed by atoms with Crippen LogP contribution in [0.15, 0.2) is 29.3 Å². The first-order chi connectivity index (χ1) is 11.0. The van der Waals surface area contributed by atoms with Crippen LogP contribution < -0.4 is 4.74 Å². The Morgan fingerprint density at radius 1 is 1.39 bits per heavy atom. The lowest BCUT2D eigenvalue weighted by atomic mass is 10.1. The van der Waals surface area contributed by atoms with Crippen LogP contribution in [0.4, 0.5) is 13.2 Å². The van der Waals surface area contributed by atoms with Gasteiger partial charge in [0.2, 0.25) is 6.19 Å². The first-order valence-corrected chi connectivity index (χ1v) is 8.30. The highest BCUT2D eigenvalue weighted by atomic mass is 32.2. The predicted octanol–water partition coefficient (Wildman–Crippen LogP) is 4.10. The Bertz CT molecular complexity index is 613. The van der Waals surface area contributed by atoms with Gasteiger partial charge in [-0.2, -0.15) is 18.4 Å². The van der Waals surface area contributed by atoms with Crippen LogP contribution in [0.1, 0.15) is 24.8 Å². The van der Waals surface area contributed by atoms with Gasteiger partial charge in [0.1, 0.15) is 5.75 Å². The SMILES string of the molecule is CS/C(=N\C#N)N1CCCCC1Oc1ccccc1C(F)(F)F. The molecule has 0 aliphatic carbocycles. The molecule has 1 fully saturated rings. The predicted molar refractivity (Wildman–Crippen MR) is 83.0 cm³/mol. The summed E-state index contributed by atoms with van der Waals surface area (Å²) < 4.78 is 44.9. The number of ether oxygens (including phenoxy) is 1. The summed E-state index contributed by atoms with van der Waals surface area (Å²) in [5.41, 5.74) is -0.798. The molecule has 2 rings (SSSR count). The largest absolute Gasteiger partial charge is 0.470 e. The molecule has 1 unspecified atom stereocenters. The summed E-state index contributed by atoms with van der Waals surface area (Å²) in [6.07, 6.45) is 0.771. The van der Waals surface area contributed by atoms with Crippen molar-refractivity contribution in [2.75, 3.05) is 12.8 Å². The maximum atomic E-state index is 13.1. The molecule has 1 aromatic carbocycles. The zero-order chi connectivity index (χ0) is 16.9. The lowest BCUT2D eigenvalue weighted by molar-refractivity contribution is -0.139. The molecule has 0 N–H and O–H groups in total. The Kier molecular flexibility index (Phi) is 5.77. The van der Waals surface area contributed by atoms with Gasteiger partial charge in [-0.15, -0.1) is 4.99 Å². The molecule has 0 bridgehead atoms. The van der Waals surface area contributed by atoms with Gasteiger partial charge < -0.3 is 9.64 Å². The summed E-state index contributed by atoms with van der Waals surface area (Å²) >= 11 is 1.28. The molecule has 0 amide bonds. The molecule has 1 aliphatic rings. The first-order valence-electron chi connectivity index (χ1n) is 7.07. The highest BCUT2D eigenvalue weighted by Gasteiger charge is 2.36. The number of hydrogen-bond acceptors (Lipinski definition) is 4. The summed E-state index contributed by atoms with van der Waals surface area (Å²) in [6, 6.07) is 5.16. The minimum Gasteiger partial charge on any atom is -0.470 e. The fraction of sp³-hybridized carbons (Fsp3) is 0.467. The molecule has 4 nitrogen and oxygen atoms in total. The Balaban J connectivity index is 2.27. The van der Waals surface area contributed by atoms with Gasteiger partial charge in [0.05, 0.1) is 5.56 Å². The van der Waals surface area contributed by atoms with E-state index in [0.717, 1.165) is 18.9 Å². The van der Waals surface area contributed by atoms with Crippen LogP contribution in [0.25, 0.3) is 0 Å². The maximum absolute atomic E-state index is 13.1. The second kappa shape index (κ2) is 7.59. The van der Waals surface area contributed by atoms with Gasteiger partial charge in [0.15, 0.2) is 11.4 Å². The van der Waals surface area contributed by atoms with Crippen LogP contribution in [0.3, 0.4) is 0 Å². The number of nitrogens with zero attached hydrogens (tertiary/aromatic N) is 3. The molecule has 0 saturated carbocycles. The van der Waals surface area contributed by atoms with Gasteiger partial charge in [-0.05, 0) is 31.2 Å². The number of amidine groups is 1. The standard InChI is InChI=1S/C15H16F3N3OS/c1-23-14(20-10-19)21-9-5-4-8-13(21)22-12-7-3-2-6-11(12)15(16,17)18/h2-3,6-7,13H,4-5,8-9H2,1H3/b20-14-. The fourth-order valence-corrected chi connectivity index (χ4v) is 3.04. The van der Waals surface area contributed by atoms with Crippen molar-refractivity contribution in [3.63, 3.8) is 0 Å². The highest BCUT2D eigenvalue weighted by molar-refractivity contribution is 8.13. The average Bonchev–Trinajstić information content (AvgIpc) is 2.53. The van der Waals surface area contributed by atoms with E-state index >= 15 is 0 Å². The van der Waals surface area contributed by atoms with Crippen molar-refractivity contribution < 1.29 is 17.9 Å². The van der Waals surface area contributed by atoms with Crippen molar-refractivity contribution in [2.45, 2.75) is 31.7 Å². The summed E-state index contributed by atoms with van der Waals surface area (Å²) in [6.45, 7) is 0.597. The van der Waals surface area contributed by atoms with Gasteiger partial charge >= 0.3 is 6.18 Å². The minimum atomic E-state index is -4.47. The third-order valence-corrected chi connectivity index (χ3v) is 4.17. The van der Waals surface area contributed by atoms with E-state index in [9.17, 15) is 13.2 Å². The number of alkyl halides is 3. The van der Waals surface area contributed by atoms with Crippen molar-refractivity contribution in [3.05, 3.63) is 29.8 Å². The first kappa shape index (κ1) is 17.5. The number of para-hydroxylation sites is 1. The molecule has 1 aromatic rings. The molecule has 1 saturated heterocycles. The van der Waals surface area contributed by atoms with E-state index in [-0.39, 0.29) is 5.75 Å². The van der Waals surface area contributed by atoms with Gasteiger partial charge in [0.25, 0.3) is 0 Å². The normalized spacial score (nSPS) is 19.3. The van der Waals surface area contributed by atoms with Crippen LogP contribution in [-0.4, -0.2) is 29.1 Å². The van der Waals surface area contributed by atoms with Crippen LogP contribution in [0.2, 0.25) is 0 Å². The van der Waals surface area contributed by atoms with Gasteiger partial charge in [-0.3, -0.25) is 0 Å². The zero-order valence-electron chi connectivity index (χ0n) is 12.5. The summed E-state index contributed by atoms with van der Waals surface area (Å²) in [4.78, 5) is 5.49. The molecule has 1 heterocycles. The number of halogens is 3. The Morgan fingerprint density at radius 3 is 2.78 bits per heavy atom. The molecule has 23 heavy (non-hydrogen) atoms. The highest BCUT2D eigenvalue weighted by Crippen LogP contribution is 2.37. The van der Waals surface area contributed by atoms with E-state index in [2.05, 4.69) is 4.99 Å². The number of nitriles is 1. The Labute approximate surface area is 136 Å². The molecule has 0 aromatic heterocycles. The number of hydrogen-bond donors (Lipinski definition) is 0. The second-order valence-corrected chi connectivity index (χ2v) is 5.73. The Morgan fingerprint density at radius 2 is 2.13 bits per heavy atom. The van der Waals surface area contributed by atoms with E-state index in [0.29, 0.717) is 18.1 Å². The van der Waals surface area contributed by atoms with Crippen molar-refractivity contribution >= 4 is 16.9 Å². The van der Waals surface area contributed by atoms with Crippen LogP contribution in [-0.2, 0) is 6.18 Å². The average molecular weight is 343 g/mol. The number of piperidine rings is 1. The summed E-state index contributed by atoms with van der Waals surface area (Å²) in [5, 5.41) is 9.22. The number of likely N-dealkylation sites (tertiary alicyclic amines) is 1. The molecular weight excluding hydrogens is 327 g/mol. The zero-order valence-corrected chi connectivity index (χ0v) is 13.3. The molecular formula is C15H16F3N3OS. The second-order valence-electron chi connectivity index (χ2n) is 4.95. The maximum Gasteiger partial charge on any atom is 0.419 e. The number of benzene rings is 1. The van der Waals surface area contributed by atoms with Gasteiger partial charge in [-0.1, -0.05) is 23.9 Å². The van der Waals surface area contributed by atoms with E-state index < -0.39 is 18.0 Å². The number of aliphatic imine (C=N–C) groups is 1. The lowest BCUT2D eigenvalue weighted by Crippen LogP contribution is -2.46. The van der Waals surface area contributed by atoms with Crippen LogP contribution in [0, 0.1) is 11.5 Å². The smallest absolute Gasteiger partial charge is 0.419 e. The van der Waals surface area contributed by atoms with E-state index in [1.165, 1.54) is 30.0 Å². The molecule has 0 spiro atoms. The Hall–Kier alpha value is -1.88. The van der Waals surface area contributed by atoms with Gasteiger partial charge in [-0.25, -0.2) is 0 Å². The van der Waals surface area contributed by atoms with Gasteiger partial charge in [0, 0.05) is 13.0 Å². The molecule has 8 heteroatoms. The van der Waals surface area contributed by atoms with Crippen molar-refractivity contribution in [1.29, 1.82) is 5.26 Å². The van der Waals surface area contributed by atoms with E-state index in [1.54, 1.807) is 17.3 Å². The van der Waals surface area contributed by atoms with Crippen LogP contribution in [0.5, 0.6) is 5.75 Å². The molecule has 124 valence electrons. The molecule has 1 aliphatic heterocycles. The molecule has 1 atom stereocenters. The fourth-order valence-electron chi connectivity index (χ4n) is 2.46. The van der Waals surface area contributed by atoms with E-state index in [1.807, 2.05) is 0 Å². The summed E-state index contributed by atoms with van der Waals surface area (Å²) in [7, 11) is 0. The monoisotopic (exact) mass is 343 g/mol. The number of thioether (sulfide) groups is 1. The molecule has 0 radical (unpaired) electrons. The third kappa shape index (κ3) is 4.32. The summed E-state index contributed by atoms with van der Waals surface area (Å²) in [5.74, 6) is -0.200.